The number of hydrogen-bond donors (Lipinski definition) is 1. The highest BCUT2D eigenvalue weighted by Gasteiger charge is 1.99. The summed E-state index contributed by atoms with van der Waals surface area (Å²) >= 11 is 0. The first kappa shape index (κ1) is 11.9. The number of aliphatic hydroxyl groups is 1. The van der Waals surface area contributed by atoms with Crippen LogP contribution in [0, 0.1) is 5.92 Å². The maximum absolute atomic E-state index is 9.14. The first-order valence-corrected chi connectivity index (χ1v) is 4.92. The molecule has 2 heteroatoms. The summed E-state index contributed by atoms with van der Waals surface area (Å²) in [6.45, 7) is 7.66. The zero-order chi connectivity index (χ0) is 9.40. The van der Waals surface area contributed by atoms with E-state index in [1.54, 1.807) is 0 Å². The van der Waals surface area contributed by atoms with Gasteiger partial charge in [0.2, 0.25) is 0 Å². The van der Waals surface area contributed by atoms with Crippen LogP contribution in [0.2, 0.25) is 0 Å². The summed E-state index contributed by atoms with van der Waals surface area (Å²) in [4.78, 5) is 0. The van der Waals surface area contributed by atoms with E-state index in [2.05, 4.69) is 13.8 Å². The molecule has 0 aromatic rings. The summed E-state index contributed by atoms with van der Waals surface area (Å²) in [5.74, 6) is 0.754. The van der Waals surface area contributed by atoms with Gasteiger partial charge in [-0.2, -0.15) is 0 Å². The zero-order valence-electron chi connectivity index (χ0n) is 8.55. The van der Waals surface area contributed by atoms with Crippen molar-refractivity contribution >= 4 is 0 Å². The van der Waals surface area contributed by atoms with Gasteiger partial charge in [0.15, 0.2) is 0 Å². The predicted molar refractivity (Wildman–Crippen MR) is 51.2 cm³/mol. The highest BCUT2D eigenvalue weighted by Crippen LogP contribution is 2.03. The van der Waals surface area contributed by atoms with Gasteiger partial charge in [-0.25, -0.2) is 0 Å². The lowest BCUT2D eigenvalue weighted by molar-refractivity contribution is 0.0328. The molecule has 0 aliphatic carbocycles. The van der Waals surface area contributed by atoms with Gasteiger partial charge in [0.1, 0.15) is 0 Å². The summed E-state index contributed by atoms with van der Waals surface area (Å²) in [5.41, 5.74) is 0. The predicted octanol–water partition coefficient (Wildman–Crippen LogP) is 2.21. The Labute approximate surface area is 75.9 Å². The molecule has 0 rings (SSSR count). The molecule has 0 radical (unpaired) electrons. The summed E-state index contributed by atoms with van der Waals surface area (Å²) in [7, 11) is 0. The first-order valence-electron chi connectivity index (χ1n) is 4.92. The summed E-state index contributed by atoms with van der Waals surface area (Å²) in [6.07, 6.45) is 2.82. The Morgan fingerprint density at radius 3 is 2.50 bits per heavy atom. The molecule has 74 valence electrons. The Morgan fingerprint density at radius 1 is 1.33 bits per heavy atom. The smallest absolute Gasteiger partial charge is 0.0771 e. The second-order valence-corrected chi connectivity index (χ2v) is 3.67. The van der Waals surface area contributed by atoms with Crippen LogP contribution < -0.4 is 0 Å². The standard InChI is InChI=1S/C10H22O2/c1-4-10(11)8-12-7-5-6-9(2)3/h9-11H,4-8H2,1-3H3. The monoisotopic (exact) mass is 174 g/mol. The van der Waals surface area contributed by atoms with Gasteiger partial charge in [-0.1, -0.05) is 20.8 Å². The molecule has 0 aliphatic rings. The minimum atomic E-state index is -0.274. The van der Waals surface area contributed by atoms with Crippen molar-refractivity contribution in [3.05, 3.63) is 0 Å². The lowest BCUT2D eigenvalue weighted by Gasteiger charge is -2.09. The van der Waals surface area contributed by atoms with Crippen LogP contribution in [0.1, 0.15) is 40.0 Å². The average Bonchev–Trinajstić information content (AvgIpc) is 2.03. The van der Waals surface area contributed by atoms with E-state index < -0.39 is 0 Å². The van der Waals surface area contributed by atoms with Crippen LogP contribution in [0.15, 0.2) is 0 Å². The average molecular weight is 174 g/mol. The second kappa shape index (κ2) is 7.56. The Kier molecular flexibility index (Phi) is 7.51. The highest BCUT2D eigenvalue weighted by molar-refractivity contribution is 4.49. The fourth-order valence-electron chi connectivity index (χ4n) is 0.931. The SMILES string of the molecule is CCC(O)COCCCC(C)C. The molecule has 0 saturated heterocycles. The van der Waals surface area contributed by atoms with Crippen molar-refractivity contribution in [3.8, 4) is 0 Å². The van der Waals surface area contributed by atoms with Crippen molar-refractivity contribution in [2.45, 2.75) is 46.1 Å². The van der Waals surface area contributed by atoms with Crippen LogP contribution in [0.5, 0.6) is 0 Å². The van der Waals surface area contributed by atoms with Crippen LogP contribution in [0.4, 0.5) is 0 Å². The molecule has 1 atom stereocenters. The third-order valence-corrected chi connectivity index (χ3v) is 1.85. The molecule has 0 aliphatic heterocycles. The quantitative estimate of drug-likeness (QED) is 0.600. The van der Waals surface area contributed by atoms with Crippen LogP contribution in [-0.2, 0) is 4.74 Å². The fraction of sp³-hybridized carbons (Fsp3) is 1.00. The van der Waals surface area contributed by atoms with Gasteiger partial charge in [-0.3, -0.25) is 0 Å². The molecule has 0 aromatic carbocycles. The molecule has 1 N–H and O–H groups in total. The summed E-state index contributed by atoms with van der Waals surface area (Å²) in [5, 5.41) is 9.14. The molecule has 0 spiro atoms. The van der Waals surface area contributed by atoms with E-state index in [-0.39, 0.29) is 6.10 Å². The lowest BCUT2D eigenvalue weighted by atomic mass is 10.1. The van der Waals surface area contributed by atoms with E-state index in [9.17, 15) is 0 Å². The number of ether oxygens (including phenoxy) is 1. The van der Waals surface area contributed by atoms with Crippen molar-refractivity contribution in [2.24, 2.45) is 5.92 Å². The minimum absolute atomic E-state index is 0.274. The van der Waals surface area contributed by atoms with E-state index in [0.717, 1.165) is 25.4 Å². The molecular formula is C10H22O2. The van der Waals surface area contributed by atoms with Crippen molar-refractivity contribution < 1.29 is 9.84 Å². The van der Waals surface area contributed by atoms with Crippen molar-refractivity contribution in [1.82, 2.24) is 0 Å². The normalized spacial score (nSPS) is 13.8. The van der Waals surface area contributed by atoms with E-state index in [1.165, 1.54) is 6.42 Å². The number of rotatable bonds is 7. The molecule has 12 heavy (non-hydrogen) atoms. The lowest BCUT2D eigenvalue weighted by Crippen LogP contribution is -2.14. The van der Waals surface area contributed by atoms with Crippen LogP contribution in [0.25, 0.3) is 0 Å². The molecule has 0 amide bonds. The molecule has 0 fully saturated rings. The van der Waals surface area contributed by atoms with Gasteiger partial charge in [0.05, 0.1) is 12.7 Å². The Morgan fingerprint density at radius 2 is 2.00 bits per heavy atom. The Hall–Kier alpha value is -0.0800. The maximum atomic E-state index is 9.14. The van der Waals surface area contributed by atoms with Gasteiger partial charge < -0.3 is 9.84 Å². The Balaban J connectivity index is 3.00. The van der Waals surface area contributed by atoms with Crippen LogP contribution >= 0.6 is 0 Å². The maximum Gasteiger partial charge on any atom is 0.0771 e. The first-order chi connectivity index (χ1) is 5.66. The van der Waals surface area contributed by atoms with E-state index in [4.69, 9.17) is 9.84 Å². The molecular weight excluding hydrogens is 152 g/mol. The Bertz CT molecular complexity index is 91.8. The molecule has 0 heterocycles. The van der Waals surface area contributed by atoms with Crippen molar-refractivity contribution in [2.75, 3.05) is 13.2 Å². The minimum Gasteiger partial charge on any atom is -0.391 e. The van der Waals surface area contributed by atoms with Crippen LogP contribution in [0.3, 0.4) is 0 Å². The number of hydrogen-bond acceptors (Lipinski definition) is 2. The van der Waals surface area contributed by atoms with E-state index in [0.29, 0.717) is 6.61 Å². The largest absolute Gasteiger partial charge is 0.391 e. The van der Waals surface area contributed by atoms with Gasteiger partial charge in [0, 0.05) is 6.61 Å². The van der Waals surface area contributed by atoms with Gasteiger partial charge in [-0.05, 0) is 25.2 Å². The number of aliphatic hydroxyl groups excluding tert-OH is 1. The van der Waals surface area contributed by atoms with E-state index >= 15 is 0 Å². The third kappa shape index (κ3) is 8.02. The van der Waals surface area contributed by atoms with Gasteiger partial charge in [0.25, 0.3) is 0 Å². The fourth-order valence-corrected chi connectivity index (χ4v) is 0.931. The van der Waals surface area contributed by atoms with Crippen molar-refractivity contribution in [3.63, 3.8) is 0 Å². The zero-order valence-corrected chi connectivity index (χ0v) is 8.55. The molecule has 0 bridgehead atoms. The third-order valence-electron chi connectivity index (χ3n) is 1.85. The summed E-state index contributed by atoms with van der Waals surface area (Å²) in [6, 6.07) is 0. The van der Waals surface area contributed by atoms with Crippen LogP contribution in [-0.4, -0.2) is 24.4 Å². The molecule has 2 nitrogen and oxygen atoms in total. The molecule has 1 unspecified atom stereocenters. The van der Waals surface area contributed by atoms with Gasteiger partial charge >= 0.3 is 0 Å². The van der Waals surface area contributed by atoms with E-state index in [1.807, 2.05) is 6.92 Å². The second-order valence-electron chi connectivity index (χ2n) is 3.67. The highest BCUT2D eigenvalue weighted by atomic mass is 16.5. The molecule has 0 aromatic heterocycles. The topological polar surface area (TPSA) is 29.5 Å². The van der Waals surface area contributed by atoms with Crippen molar-refractivity contribution in [1.29, 1.82) is 0 Å². The molecule has 0 saturated carbocycles. The summed E-state index contributed by atoms with van der Waals surface area (Å²) < 4.78 is 5.29. The van der Waals surface area contributed by atoms with Gasteiger partial charge in [-0.15, -0.1) is 0 Å².